The molecule has 3 aromatic rings. The summed E-state index contributed by atoms with van der Waals surface area (Å²) in [5, 5.41) is 14.1. The third-order valence-electron chi connectivity index (χ3n) is 5.50. The molecule has 0 radical (unpaired) electrons. The molecule has 6 nitrogen and oxygen atoms in total. The van der Waals surface area contributed by atoms with Crippen LogP contribution in [0, 0.1) is 12.8 Å². The minimum atomic E-state index is -4.41. The lowest BCUT2D eigenvalue weighted by atomic mass is 10.1. The fraction of sp³-hybridized carbons (Fsp3) is 0.385. The molecule has 194 valence electrons. The third-order valence-corrected chi connectivity index (χ3v) is 6.46. The standard InChI is InChI=1S/C14H20NO2.C12H8F3NO2S/c1-16-13-6-5-11(9-14(13)17-2)7-8-15-10-12-3-4-12;1-6-16-9(10(19-6)11(17)18)7-2-4-8(5-3-7)12(13,14)15/h5-6,9,12H,3-4,7-8,10H2,1-2H3;2-5H,1H3,(H,17,18)/q-1;. The van der Waals surface area contributed by atoms with Crippen molar-refractivity contribution in [1.29, 1.82) is 0 Å². The van der Waals surface area contributed by atoms with Gasteiger partial charge in [0.05, 0.1) is 30.5 Å². The molecule has 1 aliphatic carbocycles. The molecule has 1 aromatic heterocycles. The van der Waals surface area contributed by atoms with E-state index in [1.54, 1.807) is 21.1 Å². The molecule has 0 atom stereocenters. The van der Waals surface area contributed by atoms with E-state index in [4.69, 9.17) is 14.6 Å². The number of aromatic nitrogens is 1. The van der Waals surface area contributed by atoms with Gasteiger partial charge in [0, 0.05) is 5.56 Å². The summed E-state index contributed by atoms with van der Waals surface area (Å²) in [6, 6.07) is 10.3. The molecule has 2 aromatic carbocycles. The van der Waals surface area contributed by atoms with Crippen molar-refractivity contribution in [1.82, 2.24) is 4.98 Å². The number of carboxylic acids is 1. The maximum Gasteiger partial charge on any atom is 0.416 e. The van der Waals surface area contributed by atoms with Gasteiger partial charge < -0.3 is 19.9 Å². The van der Waals surface area contributed by atoms with Crippen LogP contribution in [0.2, 0.25) is 0 Å². The van der Waals surface area contributed by atoms with Crippen LogP contribution >= 0.6 is 11.3 Å². The number of aryl methyl sites for hydroxylation is 1. The monoisotopic (exact) mass is 521 g/mol. The molecule has 1 heterocycles. The van der Waals surface area contributed by atoms with E-state index in [1.807, 2.05) is 12.1 Å². The average Bonchev–Trinajstić information content (AvgIpc) is 3.60. The SMILES string of the molecule is COc1ccc(CC[N-]CC2CC2)cc1OC.Cc1nc(-c2ccc(C(F)(F)F)cc2)c(C(=O)O)s1. The van der Waals surface area contributed by atoms with Gasteiger partial charge in [0.1, 0.15) is 4.88 Å². The Morgan fingerprint density at radius 2 is 1.78 bits per heavy atom. The first kappa shape index (κ1) is 27.5. The van der Waals surface area contributed by atoms with Gasteiger partial charge in [-0.15, -0.1) is 24.4 Å². The highest BCUT2D eigenvalue weighted by molar-refractivity contribution is 7.14. The van der Waals surface area contributed by atoms with E-state index < -0.39 is 17.7 Å². The van der Waals surface area contributed by atoms with E-state index >= 15 is 0 Å². The highest BCUT2D eigenvalue weighted by Gasteiger charge is 2.30. The van der Waals surface area contributed by atoms with E-state index in [1.165, 1.54) is 30.5 Å². The Balaban J connectivity index is 0.000000202. The lowest BCUT2D eigenvalue weighted by molar-refractivity contribution is -0.137. The lowest BCUT2D eigenvalue weighted by Crippen LogP contribution is -2.04. The molecule has 0 amide bonds. The molecule has 0 bridgehead atoms. The van der Waals surface area contributed by atoms with Crippen molar-refractivity contribution >= 4 is 17.3 Å². The van der Waals surface area contributed by atoms with Crippen molar-refractivity contribution in [2.75, 3.05) is 27.3 Å². The number of nitrogens with zero attached hydrogens (tertiary/aromatic N) is 2. The summed E-state index contributed by atoms with van der Waals surface area (Å²) in [7, 11) is 3.32. The van der Waals surface area contributed by atoms with E-state index in [-0.39, 0.29) is 10.6 Å². The summed E-state index contributed by atoms with van der Waals surface area (Å²) in [6.07, 6.45) is -0.682. The normalized spacial score (nSPS) is 13.1. The van der Waals surface area contributed by atoms with Gasteiger partial charge >= 0.3 is 12.1 Å². The predicted molar refractivity (Wildman–Crippen MR) is 133 cm³/mol. The minimum Gasteiger partial charge on any atom is -0.662 e. The fourth-order valence-electron chi connectivity index (χ4n) is 3.40. The van der Waals surface area contributed by atoms with Crippen LogP contribution in [0.25, 0.3) is 16.6 Å². The second-order valence-corrected chi connectivity index (χ2v) is 9.51. The molecule has 4 rings (SSSR count). The first-order valence-corrected chi connectivity index (χ1v) is 12.2. The van der Waals surface area contributed by atoms with Crippen molar-refractivity contribution in [3.8, 4) is 22.8 Å². The number of carbonyl (C=O) groups is 1. The maximum atomic E-state index is 12.4. The van der Waals surface area contributed by atoms with E-state index in [0.717, 1.165) is 60.4 Å². The molecule has 1 saturated carbocycles. The van der Waals surface area contributed by atoms with Crippen LogP contribution in [-0.4, -0.2) is 43.4 Å². The number of aromatic carboxylic acids is 1. The number of rotatable bonds is 9. The lowest BCUT2D eigenvalue weighted by Gasteiger charge is -2.18. The summed E-state index contributed by atoms with van der Waals surface area (Å²) in [6.45, 7) is 3.60. The summed E-state index contributed by atoms with van der Waals surface area (Å²) < 4.78 is 47.8. The summed E-state index contributed by atoms with van der Waals surface area (Å²) in [4.78, 5) is 15.1. The second-order valence-electron chi connectivity index (χ2n) is 8.30. The molecule has 1 N–H and O–H groups in total. The van der Waals surface area contributed by atoms with Gasteiger partial charge in [0.2, 0.25) is 0 Å². The van der Waals surface area contributed by atoms with E-state index in [9.17, 15) is 18.0 Å². The summed E-state index contributed by atoms with van der Waals surface area (Å²) >= 11 is 0.994. The molecular weight excluding hydrogens is 493 g/mol. The zero-order valence-corrected chi connectivity index (χ0v) is 21.1. The molecule has 0 unspecified atom stereocenters. The Morgan fingerprint density at radius 1 is 1.11 bits per heavy atom. The number of benzene rings is 2. The fourth-order valence-corrected chi connectivity index (χ4v) is 4.18. The Morgan fingerprint density at radius 3 is 2.33 bits per heavy atom. The van der Waals surface area contributed by atoms with Gasteiger partial charge in [-0.25, -0.2) is 9.78 Å². The molecule has 1 fully saturated rings. The van der Waals surface area contributed by atoms with E-state index in [2.05, 4.69) is 16.4 Å². The first-order valence-electron chi connectivity index (χ1n) is 11.3. The van der Waals surface area contributed by atoms with Crippen molar-refractivity contribution in [3.05, 3.63) is 68.8 Å². The van der Waals surface area contributed by atoms with Crippen LogP contribution in [0.1, 0.15) is 38.6 Å². The van der Waals surface area contributed by atoms with Gasteiger partial charge in [-0.1, -0.05) is 37.0 Å². The number of alkyl halides is 3. The molecule has 0 saturated heterocycles. The molecule has 0 aliphatic heterocycles. The minimum absolute atomic E-state index is 0.0252. The smallest absolute Gasteiger partial charge is 0.416 e. The number of thiazole rings is 1. The molecule has 36 heavy (non-hydrogen) atoms. The first-order chi connectivity index (χ1) is 17.1. The number of ether oxygens (including phenoxy) is 2. The Hall–Kier alpha value is -3.11. The maximum absolute atomic E-state index is 12.4. The van der Waals surface area contributed by atoms with Crippen LogP contribution in [0.15, 0.2) is 42.5 Å². The summed E-state index contributed by atoms with van der Waals surface area (Å²) in [5.41, 5.74) is 1.03. The van der Waals surface area contributed by atoms with Crippen molar-refractivity contribution in [2.24, 2.45) is 5.92 Å². The number of hydrogen-bond acceptors (Lipinski definition) is 5. The Labute approximate surface area is 212 Å². The van der Waals surface area contributed by atoms with Crippen LogP contribution < -0.4 is 9.47 Å². The van der Waals surface area contributed by atoms with Gasteiger partial charge in [-0.3, -0.25) is 0 Å². The quantitative estimate of drug-likeness (QED) is 0.311. The van der Waals surface area contributed by atoms with Crippen LogP contribution in [0.4, 0.5) is 13.2 Å². The molecule has 10 heteroatoms. The molecule has 1 aliphatic rings. The highest BCUT2D eigenvalue weighted by Crippen LogP contribution is 2.33. The van der Waals surface area contributed by atoms with Crippen molar-refractivity contribution in [3.63, 3.8) is 0 Å². The topological polar surface area (TPSA) is 82.8 Å². The van der Waals surface area contributed by atoms with Gasteiger partial charge in [-0.2, -0.15) is 13.2 Å². The van der Waals surface area contributed by atoms with E-state index in [0.29, 0.717) is 10.6 Å². The van der Waals surface area contributed by atoms with Gasteiger partial charge in [0.15, 0.2) is 11.5 Å². The number of methoxy groups -OCH3 is 2. The average molecular weight is 522 g/mol. The molecule has 0 spiro atoms. The zero-order valence-electron chi connectivity index (χ0n) is 20.3. The zero-order chi connectivity index (χ0) is 26.3. The molecular formula is C26H28F3N2O4S-. The predicted octanol–water partition coefficient (Wildman–Crippen LogP) is 6.87. The van der Waals surface area contributed by atoms with Gasteiger partial charge in [0.25, 0.3) is 0 Å². The highest BCUT2D eigenvalue weighted by atomic mass is 32.1. The van der Waals surface area contributed by atoms with Gasteiger partial charge in [-0.05, 0) is 43.2 Å². The van der Waals surface area contributed by atoms with Crippen LogP contribution in [-0.2, 0) is 12.6 Å². The Kier molecular flexibility index (Phi) is 9.33. The van der Waals surface area contributed by atoms with Crippen LogP contribution in [0.3, 0.4) is 0 Å². The summed E-state index contributed by atoms with van der Waals surface area (Å²) in [5.74, 6) is 1.33. The van der Waals surface area contributed by atoms with Crippen molar-refractivity contribution < 1.29 is 32.5 Å². The number of halogens is 3. The third kappa shape index (κ3) is 7.69. The largest absolute Gasteiger partial charge is 0.662 e. The second kappa shape index (κ2) is 12.2. The number of carboxylic acid groups (broad SMARTS) is 1. The van der Waals surface area contributed by atoms with Crippen LogP contribution in [0.5, 0.6) is 11.5 Å². The number of hydrogen-bond donors (Lipinski definition) is 1. The van der Waals surface area contributed by atoms with Crippen molar-refractivity contribution in [2.45, 2.75) is 32.4 Å². The Bertz CT molecular complexity index is 1160.